The number of carbonyl (C=O) groups excluding carboxylic acids is 1. The van der Waals surface area contributed by atoms with E-state index in [4.69, 9.17) is 16.2 Å². The first-order chi connectivity index (χ1) is 21.0. The second-order valence-corrected chi connectivity index (χ2v) is 13.1. The summed E-state index contributed by atoms with van der Waals surface area (Å²) >= 11 is 1.73. The van der Waals surface area contributed by atoms with Crippen molar-refractivity contribution in [2.45, 2.75) is 62.0 Å². The number of nitrogen functional groups attached to an aromatic ring is 2. The SMILES string of the molecule is CC1(C)Nc2nc(N)[nH]c(=O)c2N=C1C(=O)NCCN1CCC(SC[C@H]2O[C@@H](n3cnc4c(N)ccnc43)C(O)[C@H]2O)CC1. The monoisotopic (exact) mass is 627 g/mol. The normalized spacial score (nSPS) is 25.4. The van der Waals surface area contributed by atoms with Gasteiger partial charge in [-0.05, 0) is 45.8 Å². The number of nitrogens with one attached hydrogen (secondary N) is 3. The summed E-state index contributed by atoms with van der Waals surface area (Å²) in [6.45, 7) is 6.42. The van der Waals surface area contributed by atoms with E-state index in [1.54, 1.807) is 42.4 Å². The molecule has 0 aromatic carbocycles. The molecule has 6 heterocycles. The van der Waals surface area contributed by atoms with Gasteiger partial charge in [0.2, 0.25) is 5.95 Å². The van der Waals surface area contributed by atoms with E-state index >= 15 is 0 Å². The summed E-state index contributed by atoms with van der Waals surface area (Å²) in [4.78, 5) is 47.0. The van der Waals surface area contributed by atoms with Crippen LogP contribution in [0, 0.1) is 0 Å². The second-order valence-electron chi connectivity index (χ2n) is 11.8. The zero-order valence-corrected chi connectivity index (χ0v) is 25.3. The van der Waals surface area contributed by atoms with E-state index in [1.807, 2.05) is 0 Å². The van der Waals surface area contributed by atoms with Crippen LogP contribution in [-0.2, 0) is 9.53 Å². The summed E-state index contributed by atoms with van der Waals surface area (Å²) in [5.41, 5.74) is 12.0. The Hall–Kier alpha value is -3.77. The van der Waals surface area contributed by atoms with Gasteiger partial charge in [-0.2, -0.15) is 16.7 Å². The number of aliphatic hydroxyl groups is 2. The minimum atomic E-state index is -1.12. The van der Waals surface area contributed by atoms with Crippen LogP contribution in [-0.4, -0.2) is 112 Å². The van der Waals surface area contributed by atoms with Crippen LogP contribution in [0.3, 0.4) is 0 Å². The molecule has 9 N–H and O–H groups in total. The topological polar surface area (TPSA) is 235 Å². The molecular weight excluding hydrogens is 590 g/mol. The number of piperidine rings is 1. The molecule has 16 nitrogen and oxygen atoms in total. The Morgan fingerprint density at radius 3 is 2.77 bits per heavy atom. The van der Waals surface area contributed by atoms with Crippen LogP contribution in [0.25, 0.3) is 11.2 Å². The number of fused-ring (bicyclic) bond motifs is 2. The van der Waals surface area contributed by atoms with Gasteiger partial charge in [-0.25, -0.2) is 15.0 Å². The van der Waals surface area contributed by atoms with Gasteiger partial charge < -0.3 is 42.0 Å². The number of aromatic nitrogens is 5. The van der Waals surface area contributed by atoms with Crippen molar-refractivity contribution in [3.05, 3.63) is 28.9 Å². The lowest BCUT2D eigenvalue weighted by atomic mass is 9.95. The third-order valence-electron chi connectivity index (χ3n) is 8.22. The van der Waals surface area contributed by atoms with E-state index in [-0.39, 0.29) is 29.1 Å². The fourth-order valence-corrected chi connectivity index (χ4v) is 7.08. The lowest BCUT2D eigenvalue weighted by Crippen LogP contribution is -2.52. The molecule has 2 fully saturated rings. The standard InChI is InChI=1S/C27H37N11O5S/c1-27(2)20(33-17-21(36-27)34-26(29)35-23(17)41)24(42)31-7-10-37-8-4-13(5-9-37)44-11-15-18(39)19(40)25(43-15)38-12-32-16-14(28)3-6-30-22(16)38/h3,6,12-13,15,18-19,25,39-40H,4-5,7-11H2,1-2H3,(H2,28,30)(H,31,42)(H4,29,34,35,36,41)/t15-,18+,19?,25-/m1/s1. The fraction of sp³-hybridized carbons (Fsp3) is 0.556. The van der Waals surface area contributed by atoms with Crippen LogP contribution in [0.5, 0.6) is 0 Å². The molecule has 0 spiro atoms. The molecule has 44 heavy (non-hydrogen) atoms. The predicted octanol–water partition coefficient (Wildman–Crippen LogP) is -0.411. The molecule has 6 rings (SSSR count). The zero-order valence-electron chi connectivity index (χ0n) is 24.4. The number of aliphatic hydroxyl groups excluding tert-OH is 2. The molecule has 2 saturated heterocycles. The quantitative estimate of drug-likeness (QED) is 0.168. The molecule has 0 radical (unpaired) electrons. The average molecular weight is 628 g/mol. The van der Waals surface area contributed by atoms with Crippen molar-refractivity contribution in [3.63, 3.8) is 0 Å². The molecule has 1 unspecified atom stereocenters. The van der Waals surface area contributed by atoms with Crippen molar-refractivity contribution in [3.8, 4) is 0 Å². The van der Waals surface area contributed by atoms with Crippen molar-refractivity contribution in [1.82, 2.24) is 34.7 Å². The van der Waals surface area contributed by atoms with Crippen molar-refractivity contribution < 1.29 is 19.7 Å². The Balaban J connectivity index is 0.957. The summed E-state index contributed by atoms with van der Waals surface area (Å²) in [7, 11) is 0. The summed E-state index contributed by atoms with van der Waals surface area (Å²) in [6, 6.07) is 1.66. The molecule has 4 atom stereocenters. The van der Waals surface area contributed by atoms with Crippen molar-refractivity contribution in [1.29, 1.82) is 0 Å². The Bertz CT molecular complexity index is 1630. The Labute approximate surface area is 256 Å². The summed E-state index contributed by atoms with van der Waals surface area (Å²) in [6.07, 6.45) is 1.49. The van der Waals surface area contributed by atoms with Crippen molar-refractivity contribution in [2.75, 3.05) is 48.7 Å². The number of nitrogens with zero attached hydrogens (tertiary/aromatic N) is 6. The molecule has 3 aliphatic rings. The number of nitrogens with two attached hydrogens (primary N) is 2. The Kier molecular flexibility index (Phi) is 8.23. The first-order valence-corrected chi connectivity index (χ1v) is 15.5. The van der Waals surface area contributed by atoms with Crippen molar-refractivity contribution in [2.24, 2.45) is 4.99 Å². The molecular formula is C27H37N11O5S. The number of imidazole rings is 1. The lowest BCUT2D eigenvalue weighted by Gasteiger charge is -2.33. The number of rotatable bonds is 8. The molecule has 3 aliphatic heterocycles. The van der Waals surface area contributed by atoms with E-state index in [2.05, 4.69) is 40.5 Å². The van der Waals surface area contributed by atoms with Gasteiger partial charge >= 0.3 is 0 Å². The van der Waals surface area contributed by atoms with Crippen LogP contribution in [0.2, 0.25) is 0 Å². The van der Waals surface area contributed by atoms with Gasteiger partial charge in [0.1, 0.15) is 23.4 Å². The largest absolute Gasteiger partial charge is 0.397 e. The number of thioether (sulfide) groups is 1. The minimum Gasteiger partial charge on any atom is -0.397 e. The Morgan fingerprint density at radius 1 is 1.23 bits per heavy atom. The molecule has 17 heteroatoms. The van der Waals surface area contributed by atoms with E-state index in [0.717, 1.165) is 25.9 Å². The summed E-state index contributed by atoms with van der Waals surface area (Å²) in [5, 5.41) is 27.9. The third kappa shape index (κ3) is 5.84. The highest BCUT2D eigenvalue weighted by molar-refractivity contribution is 7.99. The summed E-state index contributed by atoms with van der Waals surface area (Å²) in [5.74, 6) is 0.405. The van der Waals surface area contributed by atoms with Gasteiger partial charge in [0.15, 0.2) is 23.4 Å². The molecule has 3 aromatic heterocycles. The summed E-state index contributed by atoms with van der Waals surface area (Å²) < 4.78 is 7.71. The van der Waals surface area contributed by atoms with Crippen molar-refractivity contribution >= 4 is 57.7 Å². The number of anilines is 3. The number of amides is 1. The predicted molar refractivity (Wildman–Crippen MR) is 167 cm³/mol. The smallest absolute Gasteiger partial charge is 0.280 e. The second kappa shape index (κ2) is 12.0. The molecule has 0 saturated carbocycles. The number of H-pyrrole nitrogens is 1. The van der Waals surface area contributed by atoms with Gasteiger partial charge in [0, 0.05) is 30.3 Å². The lowest BCUT2D eigenvalue weighted by molar-refractivity contribution is -0.115. The van der Waals surface area contributed by atoms with Crippen LogP contribution >= 0.6 is 11.8 Å². The molecule has 236 valence electrons. The third-order valence-corrected chi connectivity index (χ3v) is 9.69. The Morgan fingerprint density at radius 2 is 2.00 bits per heavy atom. The highest BCUT2D eigenvalue weighted by Crippen LogP contribution is 2.35. The number of hydrogen-bond donors (Lipinski definition) is 7. The molecule has 0 aliphatic carbocycles. The maximum absolute atomic E-state index is 13.0. The van der Waals surface area contributed by atoms with Crippen LogP contribution < -0.4 is 27.7 Å². The van der Waals surface area contributed by atoms with E-state index in [0.29, 0.717) is 40.9 Å². The van der Waals surface area contributed by atoms with Gasteiger partial charge in [-0.15, -0.1) is 0 Å². The number of ether oxygens (including phenoxy) is 1. The average Bonchev–Trinajstić information content (AvgIpc) is 3.53. The van der Waals surface area contributed by atoms with Gasteiger partial charge in [-0.1, -0.05) is 0 Å². The zero-order chi connectivity index (χ0) is 31.2. The molecule has 1 amide bonds. The highest BCUT2D eigenvalue weighted by atomic mass is 32.2. The number of aliphatic imine (C=N–C) groups is 1. The molecule has 0 bridgehead atoms. The number of pyridine rings is 1. The van der Waals surface area contributed by atoms with Gasteiger partial charge in [0.25, 0.3) is 11.5 Å². The number of carbonyl (C=O) groups is 1. The van der Waals surface area contributed by atoms with Gasteiger partial charge in [-0.3, -0.25) is 19.1 Å². The van der Waals surface area contributed by atoms with Crippen LogP contribution in [0.15, 0.2) is 28.4 Å². The number of likely N-dealkylation sites (tertiary alicyclic amines) is 1. The van der Waals surface area contributed by atoms with Crippen LogP contribution in [0.4, 0.5) is 23.1 Å². The number of hydrogen-bond acceptors (Lipinski definition) is 14. The van der Waals surface area contributed by atoms with E-state index in [9.17, 15) is 19.8 Å². The minimum absolute atomic E-state index is 0.0252. The first-order valence-electron chi connectivity index (χ1n) is 14.5. The number of aromatic amines is 1. The molecule has 3 aromatic rings. The fourth-order valence-electron chi connectivity index (χ4n) is 5.79. The maximum atomic E-state index is 13.0. The van der Waals surface area contributed by atoms with Gasteiger partial charge in [0.05, 0.1) is 23.7 Å². The maximum Gasteiger partial charge on any atom is 0.280 e. The van der Waals surface area contributed by atoms with Crippen LogP contribution in [0.1, 0.15) is 32.9 Å². The highest BCUT2D eigenvalue weighted by Gasteiger charge is 2.44. The first kappa shape index (κ1) is 30.3. The van der Waals surface area contributed by atoms with E-state index < -0.39 is 35.6 Å². The van der Waals surface area contributed by atoms with E-state index in [1.165, 1.54) is 6.33 Å².